The Labute approximate surface area is 164 Å². The first-order chi connectivity index (χ1) is 12.9. The predicted octanol–water partition coefficient (Wildman–Crippen LogP) is 3.23. The molecular weight excluding hydrogens is 374 g/mol. The second-order valence-electron chi connectivity index (χ2n) is 6.40. The monoisotopic (exact) mass is 399 g/mol. The number of hydrogen-bond donors (Lipinski definition) is 1. The second-order valence-corrected chi connectivity index (χ2v) is 6.81. The zero-order valence-electron chi connectivity index (χ0n) is 15.9. The van der Waals surface area contributed by atoms with E-state index in [1.807, 2.05) is 6.92 Å². The van der Waals surface area contributed by atoms with Gasteiger partial charge < -0.3 is 24.2 Å². The molecule has 1 aliphatic heterocycles. The summed E-state index contributed by atoms with van der Waals surface area (Å²) in [6.45, 7) is 6.81. The van der Waals surface area contributed by atoms with Crippen LogP contribution in [0.5, 0.6) is 11.5 Å². The van der Waals surface area contributed by atoms with Gasteiger partial charge in [-0.2, -0.15) is 0 Å². The summed E-state index contributed by atoms with van der Waals surface area (Å²) in [5, 5.41) is 9.49. The highest BCUT2D eigenvalue weighted by Crippen LogP contribution is 2.37. The van der Waals surface area contributed by atoms with Crippen LogP contribution in [-0.2, 0) is 9.53 Å². The lowest BCUT2D eigenvalue weighted by Gasteiger charge is -2.35. The minimum Gasteiger partial charge on any atom is -0.490 e. The fraction of sp³-hybridized carbons (Fsp3) is 0.579. The van der Waals surface area contributed by atoms with Crippen LogP contribution in [0.25, 0.3) is 0 Å². The number of rotatable bonds is 8. The molecule has 2 atom stereocenters. The number of halogens is 1. The maximum atomic E-state index is 12.9. The molecular formula is C19H26ClNO6. The number of carboxylic acid groups (broad SMARTS) is 1. The SMILES string of the molecule is CCCCOc1c(Cl)cc(C(=O)N2CC(C(=O)O)O[C@H](C)C2)cc1OCC. The molecule has 150 valence electrons. The van der Waals surface area contributed by atoms with Crippen molar-refractivity contribution in [2.75, 3.05) is 26.3 Å². The molecule has 1 aliphatic rings. The number of hydrogen-bond acceptors (Lipinski definition) is 5. The van der Waals surface area contributed by atoms with Gasteiger partial charge in [0.2, 0.25) is 0 Å². The Morgan fingerprint density at radius 1 is 1.30 bits per heavy atom. The van der Waals surface area contributed by atoms with Crippen molar-refractivity contribution >= 4 is 23.5 Å². The lowest BCUT2D eigenvalue weighted by molar-refractivity contribution is -0.160. The summed E-state index contributed by atoms with van der Waals surface area (Å²) >= 11 is 6.35. The van der Waals surface area contributed by atoms with E-state index in [1.165, 1.54) is 11.0 Å². The van der Waals surface area contributed by atoms with Crippen LogP contribution < -0.4 is 9.47 Å². The van der Waals surface area contributed by atoms with Crippen LogP contribution in [0.1, 0.15) is 44.0 Å². The molecule has 0 saturated carbocycles. The summed E-state index contributed by atoms with van der Waals surface area (Å²) in [6, 6.07) is 3.12. The first-order valence-electron chi connectivity index (χ1n) is 9.14. The molecule has 27 heavy (non-hydrogen) atoms. The highest BCUT2D eigenvalue weighted by atomic mass is 35.5. The van der Waals surface area contributed by atoms with Crippen LogP contribution in [0.3, 0.4) is 0 Å². The molecule has 1 aromatic rings. The van der Waals surface area contributed by atoms with Gasteiger partial charge in [-0.3, -0.25) is 4.79 Å². The molecule has 1 heterocycles. The molecule has 1 fully saturated rings. The Morgan fingerprint density at radius 2 is 2.04 bits per heavy atom. The van der Waals surface area contributed by atoms with Gasteiger partial charge in [0, 0.05) is 12.1 Å². The summed E-state index contributed by atoms with van der Waals surface area (Å²) in [7, 11) is 0. The number of nitrogens with zero attached hydrogens (tertiary/aromatic N) is 1. The third-order valence-electron chi connectivity index (χ3n) is 4.12. The van der Waals surface area contributed by atoms with Gasteiger partial charge in [-0.15, -0.1) is 0 Å². The van der Waals surface area contributed by atoms with Gasteiger partial charge >= 0.3 is 5.97 Å². The average molecular weight is 400 g/mol. The van der Waals surface area contributed by atoms with Gasteiger partial charge in [0.15, 0.2) is 17.6 Å². The molecule has 7 nitrogen and oxygen atoms in total. The standard InChI is InChI=1S/C19H26ClNO6/c1-4-6-7-26-17-14(20)8-13(9-15(17)25-5-2)18(22)21-10-12(3)27-16(11-21)19(23)24/h8-9,12,16H,4-7,10-11H2,1-3H3,(H,23,24)/t12-,16?/m1/s1. The molecule has 0 bridgehead atoms. The zero-order valence-corrected chi connectivity index (χ0v) is 16.6. The number of amides is 1. The third kappa shape index (κ3) is 5.49. The van der Waals surface area contributed by atoms with E-state index in [9.17, 15) is 14.7 Å². The van der Waals surface area contributed by atoms with E-state index in [0.29, 0.717) is 36.8 Å². The number of aliphatic carboxylic acids is 1. The topological polar surface area (TPSA) is 85.3 Å². The molecule has 0 radical (unpaired) electrons. The van der Waals surface area contributed by atoms with Crippen LogP contribution in [0.4, 0.5) is 0 Å². The van der Waals surface area contributed by atoms with E-state index in [-0.39, 0.29) is 23.6 Å². The quantitative estimate of drug-likeness (QED) is 0.675. The van der Waals surface area contributed by atoms with Crippen molar-refractivity contribution in [2.24, 2.45) is 0 Å². The van der Waals surface area contributed by atoms with E-state index in [2.05, 4.69) is 6.92 Å². The number of carboxylic acids is 1. The molecule has 1 N–H and O–H groups in total. The third-order valence-corrected chi connectivity index (χ3v) is 4.40. The Bertz CT molecular complexity index is 680. The van der Waals surface area contributed by atoms with E-state index in [1.54, 1.807) is 13.0 Å². The van der Waals surface area contributed by atoms with Crippen molar-refractivity contribution < 1.29 is 28.9 Å². The van der Waals surface area contributed by atoms with E-state index in [4.69, 9.17) is 25.8 Å². The Kier molecular flexibility index (Phi) is 7.74. The number of ether oxygens (including phenoxy) is 3. The van der Waals surface area contributed by atoms with Gasteiger partial charge in [-0.05, 0) is 32.4 Å². The van der Waals surface area contributed by atoms with Crippen LogP contribution in [0.15, 0.2) is 12.1 Å². The molecule has 1 amide bonds. The van der Waals surface area contributed by atoms with Crippen LogP contribution in [-0.4, -0.2) is 60.4 Å². The predicted molar refractivity (Wildman–Crippen MR) is 101 cm³/mol. The highest BCUT2D eigenvalue weighted by molar-refractivity contribution is 6.32. The molecule has 1 saturated heterocycles. The molecule has 0 aromatic heterocycles. The maximum absolute atomic E-state index is 12.9. The average Bonchev–Trinajstić information content (AvgIpc) is 2.62. The number of carbonyl (C=O) groups excluding carboxylic acids is 1. The van der Waals surface area contributed by atoms with Gasteiger partial charge in [-0.25, -0.2) is 4.79 Å². The summed E-state index contributed by atoms with van der Waals surface area (Å²) in [5.74, 6) is -0.589. The number of morpholine rings is 1. The van der Waals surface area contributed by atoms with Crippen molar-refractivity contribution in [3.05, 3.63) is 22.7 Å². The van der Waals surface area contributed by atoms with Crippen molar-refractivity contribution in [2.45, 2.75) is 45.8 Å². The first kappa shape index (κ1) is 21.3. The fourth-order valence-electron chi connectivity index (χ4n) is 2.85. The van der Waals surface area contributed by atoms with Gasteiger partial charge in [-0.1, -0.05) is 24.9 Å². The van der Waals surface area contributed by atoms with Crippen LogP contribution >= 0.6 is 11.6 Å². The van der Waals surface area contributed by atoms with Crippen LogP contribution in [0, 0.1) is 0 Å². The van der Waals surface area contributed by atoms with Gasteiger partial charge in [0.1, 0.15) is 0 Å². The summed E-state index contributed by atoms with van der Waals surface area (Å²) in [6.07, 6.45) is 0.446. The number of benzene rings is 1. The van der Waals surface area contributed by atoms with Gasteiger partial charge in [0.05, 0.1) is 30.9 Å². The van der Waals surface area contributed by atoms with Crippen molar-refractivity contribution in [3.8, 4) is 11.5 Å². The largest absolute Gasteiger partial charge is 0.490 e. The second kappa shape index (κ2) is 9.80. The zero-order chi connectivity index (χ0) is 20.0. The van der Waals surface area contributed by atoms with Crippen molar-refractivity contribution in [1.29, 1.82) is 0 Å². The van der Waals surface area contributed by atoms with Crippen molar-refractivity contribution in [1.82, 2.24) is 4.90 Å². The van der Waals surface area contributed by atoms with E-state index in [0.717, 1.165) is 12.8 Å². The van der Waals surface area contributed by atoms with E-state index >= 15 is 0 Å². The molecule has 1 unspecified atom stereocenters. The molecule has 0 aliphatic carbocycles. The van der Waals surface area contributed by atoms with Crippen LogP contribution in [0.2, 0.25) is 5.02 Å². The number of unbranched alkanes of at least 4 members (excludes halogenated alkanes) is 1. The first-order valence-corrected chi connectivity index (χ1v) is 9.51. The summed E-state index contributed by atoms with van der Waals surface area (Å²) in [4.78, 5) is 25.6. The van der Waals surface area contributed by atoms with Crippen molar-refractivity contribution in [3.63, 3.8) is 0 Å². The fourth-order valence-corrected chi connectivity index (χ4v) is 3.11. The Balaban J connectivity index is 2.26. The molecule has 0 spiro atoms. The Morgan fingerprint density at radius 3 is 2.67 bits per heavy atom. The highest BCUT2D eigenvalue weighted by Gasteiger charge is 2.33. The summed E-state index contributed by atoms with van der Waals surface area (Å²) in [5.41, 5.74) is 0.324. The summed E-state index contributed by atoms with van der Waals surface area (Å²) < 4.78 is 16.7. The van der Waals surface area contributed by atoms with Gasteiger partial charge in [0.25, 0.3) is 5.91 Å². The minimum absolute atomic E-state index is 0.0190. The smallest absolute Gasteiger partial charge is 0.334 e. The molecule has 8 heteroatoms. The van der Waals surface area contributed by atoms with E-state index < -0.39 is 12.1 Å². The Hall–Kier alpha value is -1.99. The molecule has 1 aromatic carbocycles. The maximum Gasteiger partial charge on any atom is 0.334 e. The normalized spacial score (nSPS) is 19.6. The molecule has 2 rings (SSSR count). The minimum atomic E-state index is -1.09. The number of carbonyl (C=O) groups is 2. The lowest BCUT2D eigenvalue weighted by Crippen LogP contribution is -2.51. The lowest BCUT2D eigenvalue weighted by atomic mass is 10.1.